The van der Waals surface area contributed by atoms with Gasteiger partial charge in [-0.05, 0) is 36.0 Å². The van der Waals surface area contributed by atoms with Gasteiger partial charge in [0, 0.05) is 21.7 Å². The van der Waals surface area contributed by atoms with Gasteiger partial charge in [-0.25, -0.2) is 9.18 Å². The summed E-state index contributed by atoms with van der Waals surface area (Å²) < 4.78 is 24.8. The smallest absolute Gasteiger partial charge is 0.331 e. The normalized spacial score (nSPS) is 16.3. The number of thioether (sulfide) groups is 1. The fraction of sp³-hybridized carbons (Fsp3) is 0.100. The third kappa shape index (κ3) is 5.77. The largest absolute Gasteiger partial charge is 0.488 e. The van der Waals surface area contributed by atoms with Crippen molar-refractivity contribution >= 4 is 51.0 Å². The Morgan fingerprint density at radius 1 is 1.30 bits per heavy atom. The van der Waals surface area contributed by atoms with Crippen molar-refractivity contribution in [3.63, 3.8) is 0 Å². The van der Waals surface area contributed by atoms with Gasteiger partial charge in [-0.1, -0.05) is 34.1 Å². The highest BCUT2D eigenvalue weighted by atomic mass is 79.9. The first-order valence-electron chi connectivity index (χ1n) is 8.52. The third-order valence-corrected chi connectivity index (χ3v) is 5.15. The number of methoxy groups -OCH3 is 1. The summed E-state index contributed by atoms with van der Waals surface area (Å²) in [5.41, 5.74) is 1.03. The molecule has 0 unspecified atom stereocenters. The van der Waals surface area contributed by atoms with Crippen LogP contribution in [0, 0.1) is 5.82 Å². The number of ether oxygens (including phenoxy) is 2. The molecule has 2 aromatic carbocycles. The molecule has 0 atom stereocenters. The van der Waals surface area contributed by atoms with E-state index in [0.29, 0.717) is 16.9 Å². The molecule has 1 N–H and O–H groups in total. The summed E-state index contributed by atoms with van der Waals surface area (Å²) in [5.74, 6) is -0.959. The lowest BCUT2D eigenvalue weighted by atomic mass is 10.2. The molecule has 0 aliphatic carbocycles. The van der Waals surface area contributed by atoms with E-state index >= 15 is 0 Å². The fourth-order valence-corrected chi connectivity index (χ4v) is 3.42. The van der Waals surface area contributed by atoms with Gasteiger partial charge >= 0.3 is 5.97 Å². The van der Waals surface area contributed by atoms with Gasteiger partial charge in [-0.2, -0.15) is 5.10 Å². The van der Waals surface area contributed by atoms with Gasteiger partial charge in [-0.15, -0.1) is 5.10 Å². The molecule has 1 saturated heterocycles. The van der Waals surface area contributed by atoms with Crippen LogP contribution in [0.5, 0.6) is 5.75 Å². The van der Waals surface area contributed by atoms with Gasteiger partial charge in [0.15, 0.2) is 5.17 Å². The molecule has 1 fully saturated rings. The highest BCUT2D eigenvalue weighted by Gasteiger charge is 2.25. The van der Waals surface area contributed by atoms with Gasteiger partial charge in [0.25, 0.3) is 5.91 Å². The molecule has 154 valence electrons. The quantitative estimate of drug-likeness (QED) is 0.287. The number of halogens is 2. The number of nitrogens with one attached hydrogen (secondary N) is 1. The van der Waals surface area contributed by atoms with Crippen LogP contribution >= 0.6 is 27.7 Å². The Labute approximate surface area is 184 Å². The predicted molar refractivity (Wildman–Crippen MR) is 116 cm³/mol. The number of hydrogen-bond donors (Lipinski definition) is 1. The van der Waals surface area contributed by atoms with Crippen molar-refractivity contribution in [1.82, 2.24) is 5.32 Å². The predicted octanol–water partition coefficient (Wildman–Crippen LogP) is 3.78. The Morgan fingerprint density at radius 3 is 2.87 bits per heavy atom. The Morgan fingerprint density at radius 2 is 2.10 bits per heavy atom. The SMILES string of the molecule is COC(=O)/C=C1/S/C(=N\N=Cc2cc(Br)ccc2OCc2ccccc2F)NC1=O. The number of rotatable bonds is 6. The molecule has 1 aliphatic heterocycles. The zero-order valence-corrected chi connectivity index (χ0v) is 18.0. The average molecular weight is 492 g/mol. The van der Waals surface area contributed by atoms with E-state index < -0.39 is 11.9 Å². The molecule has 7 nitrogen and oxygen atoms in total. The van der Waals surface area contributed by atoms with Crippen LogP contribution < -0.4 is 10.1 Å². The monoisotopic (exact) mass is 491 g/mol. The van der Waals surface area contributed by atoms with Gasteiger partial charge in [0.2, 0.25) is 0 Å². The van der Waals surface area contributed by atoms with Gasteiger partial charge < -0.3 is 9.47 Å². The van der Waals surface area contributed by atoms with Crippen molar-refractivity contribution in [3.8, 4) is 5.75 Å². The van der Waals surface area contributed by atoms with Crippen LogP contribution in [-0.2, 0) is 20.9 Å². The lowest BCUT2D eigenvalue weighted by Gasteiger charge is -2.10. The van der Waals surface area contributed by atoms with Gasteiger partial charge in [0.05, 0.1) is 18.2 Å². The molecule has 1 amide bonds. The molecular formula is C20H15BrFN3O4S. The summed E-state index contributed by atoms with van der Waals surface area (Å²) in [6.45, 7) is 0.0528. The van der Waals surface area contributed by atoms with Crippen LogP contribution in [0.15, 0.2) is 68.1 Å². The summed E-state index contributed by atoms with van der Waals surface area (Å²) in [7, 11) is 1.22. The van der Waals surface area contributed by atoms with Crippen molar-refractivity contribution in [2.75, 3.05) is 7.11 Å². The highest BCUT2D eigenvalue weighted by molar-refractivity contribution is 9.10. The number of esters is 1. The second-order valence-electron chi connectivity index (χ2n) is 5.80. The van der Waals surface area contributed by atoms with Crippen LogP contribution in [0.4, 0.5) is 4.39 Å². The maximum Gasteiger partial charge on any atom is 0.331 e. The molecule has 1 aliphatic rings. The number of benzene rings is 2. The molecule has 3 rings (SSSR count). The first kappa shape index (κ1) is 21.7. The second-order valence-corrected chi connectivity index (χ2v) is 7.75. The van der Waals surface area contributed by atoms with E-state index in [1.54, 1.807) is 36.4 Å². The maximum absolute atomic E-state index is 13.8. The summed E-state index contributed by atoms with van der Waals surface area (Å²) in [6, 6.07) is 11.6. The topological polar surface area (TPSA) is 89.3 Å². The van der Waals surface area contributed by atoms with E-state index in [9.17, 15) is 14.0 Å². The van der Waals surface area contributed by atoms with Crippen LogP contribution in [-0.4, -0.2) is 30.4 Å². The van der Waals surface area contributed by atoms with E-state index in [4.69, 9.17) is 4.74 Å². The minimum atomic E-state index is -0.636. The Bertz CT molecular complexity index is 1070. The summed E-state index contributed by atoms with van der Waals surface area (Å²) in [6.07, 6.45) is 2.53. The second kappa shape index (κ2) is 10.2. The lowest BCUT2D eigenvalue weighted by Crippen LogP contribution is -2.19. The molecular weight excluding hydrogens is 477 g/mol. The molecule has 2 aromatic rings. The minimum absolute atomic E-state index is 0.0528. The fourth-order valence-electron chi connectivity index (χ4n) is 2.31. The van der Waals surface area contributed by atoms with E-state index in [0.717, 1.165) is 22.3 Å². The molecule has 30 heavy (non-hydrogen) atoms. The van der Waals surface area contributed by atoms with Crippen molar-refractivity contribution in [1.29, 1.82) is 0 Å². The van der Waals surface area contributed by atoms with E-state index in [1.807, 2.05) is 0 Å². The van der Waals surface area contributed by atoms with Crippen molar-refractivity contribution < 1.29 is 23.5 Å². The van der Waals surface area contributed by atoms with Crippen molar-refractivity contribution in [2.24, 2.45) is 10.2 Å². The third-order valence-electron chi connectivity index (χ3n) is 3.76. The van der Waals surface area contributed by atoms with Crippen molar-refractivity contribution in [2.45, 2.75) is 6.61 Å². The molecule has 0 aromatic heterocycles. The minimum Gasteiger partial charge on any atom is -0.488 e. The Hall–Kier alpha value is -2.98. The lowest BCUT2D eigenvalue weighted by molar-refractivity contribution is -0.135. The number of amides is 1. The van der Waals surface area contributed by atoms with Crippen LogP contribution in [0.1, 0.15) is 11.1 Å². The van der Waals surface area contributed by atoms with Gasteiger partial charge in [-0.3, -0.25) is 10.1 Å². The molecule has 0 bridgehead atoms. The number of nitrogens with zero attached hydrogens (tertiary/aromatic N) is 2. The zero-order valence-electron chi connectivity index (χ0n) is 15.6. The molecule has 0 radical (unpaired) electrons. The number of amidine groups is 1. The zero-order chi connectivity index (χ0) is 21.5. The molecule has 1 heterocycles. The maximum atomic E-state index is 13.8. The Balaban J connectivity index is 1.72. The highest BCUT2D eigenvalue weighted by Crippen LogP contribution is 2.25. The number of carbonyl (C=O) groups excluding carboxylic acids is 2. The van der Waals surface area contributed by atoms with Gasteiger partial charge in [0.1, 0.15) is 18.2 Å². The van der Waals surface area contributed by atoms with Crippen LogP contribution in [0.2, 0.25) is 0 Å². The molecule has 10 heteroatoms. The first-order valence-corrected chi connectivity index (χ1v) is 10.1. The van der Waals surface area contributed by atoms with Crippen LogP contribution in [0.3, 0.4) is 0 Å². The standard InChI is InChI=1S/C20H15BrFN3O4S/c1-28-18(26)9-17-19(27)24-20(30-17)25-23-10-13-8-14(21)6-7-16(13)29-11-12-4-2-3-5-15(12)22/h2-10H,11H2,1H3,(H,24,25,27)/b17-9+,23-10?. The van der Waals surface area contributed by atoms with Crippen molar-refractivity contribution in [3.05, 3.63) is 74.9 Å². The van der Waals surface area contributed by atoms with E-state index in [-0.39, 0.29) is 22.5 Å². The Kier molecular flexibility index (Phi) is 7.36. The number of hydrogen-bond acceptors (Lipinski definition) is 7. The van der Waals surface area contributed by atoms with E-state index in [1.165, 1.54) is 19.4 Å². The summed E-state index contributed by atoms with van der Waals surface area (Å²) in [4.78, 5) is 23.2. The molecule has 0 saturated carbocycles. The summed E-state index contributed by atoms with van der Waals surface area (Å²) >= 11 is 4.35. The summed E-state index contributed by atoms with van der Waals surface area (Å²) in [5, 5.41) is 10.6. The molecule has 0 spiro atoms. The average Bonchev–Trinajstić information content (AvgIpc) is 3.07. The number of carbonyl (C=O) groups is 2. The van der Waals surface area contributed by atoms with Crippen LogP contribution in [0.25, 0.3) is 0 Å². The first-order chi connectivity index (χ1) is 14.5. The van der Waals surface area contributed by atoms with E-state index in [2.05, 4.69) is 36.2 Å².